The van der Waals surface area contributed by atoms with Crippen LogP contribution in [0.3, 0.4) is 0 Å². The van der Waals surface area contributed by atoms with Crippen LogP contribution < -0.4 is 0 Å². The summed E-state index contributed by atoms with van der Waals surface area (Å²) in [5, 5.41) is 16.2. The van der Waals surface area contributed by atoms with Gasteiger partial charge in [0.1, 0.15) is 0 Å². The molecule has 9 nitrogen and oxygen atoms in total. The van der Waals surface area contributed by atoms with Crippen LogP contribution >= 0.6 is 22.9 Å². The normalized spacial score (nSPS) is 15.8. The van der Waals surface area contributed by atoms with E-state index in [1.54, 1.807) is 30.2 Å². The smallest absolute Gasteiger partial charge is 0.409 e. The Bertz CT molecular complexity index is 1260. The Morgan fingerprint density at radius 3 is 2.70 bits per heavy atom. The number of nitrogens with zero attached hydrogens (tertiary/aromatic N) is 5. The molecule has 3 aromatic heterocycles. The largest absolute Gasteiger partial charge is 0.492 e. The van der Waals surface area contributed by atoms with E-state index in [1.807, 2.05) is 24.3 Å². The molecular formula is C22H22ClN5O4S. The molecule has 172 valence electrons. The summed E-state index contributed by atoms with van der Waals surface area (Å²) in [4.78, 5) is 21.8. The van der Waals surface area contributed by atoms with Crippen molar-refractivity contribution < 1.29 is 19.1 Å². The van der Waals surface area contributed by atoms with Crippen molar-refractivity contribution in [2.45, 2.75) is 13.0 Å². The zero-order valence-corrected chi connectivity index (χ0v) is 19.4. The third kappa shape index (κ3) is 4.05. The molecule has 1 fully saturated rings. The van der Waals surface area contributed by atoms with Gasteiger partial charge in [-0.1, -0.05) is 41.1 Å². The number of furan rings is 1. The third-order valence-electron chi connectivity index (χ3n) is 5.59. The Morgan fingerprint density at radius 2 is 2.03 bits per heavy atom. The number of rotatable bonds is 5. The van der Waals surface area contributed by atoms with E-state index in [2.05, 4.69) is 15.0 Å². The first kappa shape index (κ1) is 21.7. The second kappa shape index (κ2) is 9.05. The molecule has 1 aliphatic heterocycles. The molecule has 1 atom stereocenters. The molecule has 33 heavy (non-hydrogen) atoms. The number of aromatic nitrogens is 3. The van der Waals surface area contributed by atoms with Crippen molar-refractivity contribution in [3.63, 3.8) is 0 Å². The van der Waals surface area contributed by atoms with Gasteiger partial charge in [0.05, 0.1) is 23.8 Å². The Morgan fingerprint density at radius 1 is 1.24 bits per heavy atom. The molecule has 1 aliphatic rings. The average molecular weight is 488 g/mol. The third-order valence-corrected chi connectivity index (χ3v) is 7.01. The Kier molecular flexibility index (Phi) is 5.96. The van der Waals surface area contributed by atoms with Crippen LogP contribution in [0.2, 0.25) is 5.02 Å². The van der Waals surface area contributed by atoms with Gasteiger partial charge in [-0.25, -0.2) is 4.79 Å². The maximum absolute atomic E-state index is 12.1. The first-order valence-corrected chi connectivity index (χ1v) is 11.8. The van der Waals surface area contributed by atoms with Crippen molar-refractivity contribution in [2.24, 2.45) is 0 Å². The monoisotopic (exact) mass is 487 g/mol. The van der Waals surface area contributed by atoms with E-state index in [-0.39, 0.29) is 18.0 Å². The molecule has 1 saturated heterocycles. The number of thiazole rings is 1. The van der Waals surface area contributed by atoms with Crippen LogP contribution in [0.25, 0.3) is 16.5 Å². The molecule has 0 radical (unpaired) electrons. The second-order valence-corrected chi connectivity index (χ2v) is 8.96. The fraction of sp³-hybridized carbons (Fsp3) is 0.318. The van der Waals surface area contributed by atoms with Crippen LogP contribution in [0.5, 0.6) is 5.88 Å². The van der Waals surface area contributed by atoms with Gasteiger partial charge in [0, 0.05) is 31.2 Å². The van der Waals surface area contributed by atoms with E-state index < -0.39 is 0 Å². The van der Waals surface area contributed by atoms with Crippen molar-refractivity contribution in [1.82, 2.24) is 24.4 Å². The molecule has 5 rings (SSSR count). The van der Waals surface area contributed by atoms with Gasteiger partial charge in [-0.3, -0.25) is 4.90 Å². The lowest BCUT2D eigenvalue weighted by Gasteiger charge is -2.38. The predicted molar refractivity (Wildman–Crippen MR) is 124 cm³/mol. The summed E-state index contributed by atoms with van der Waals surface area (Å²) in [5.41, 5.74) is 0.870. The molecule has 0 spiro atoms. The molecule has 0 bridgehead atoms. The fourth-order valence-electron chi connectivity index (χ4n) is 4.02. The summed E-state index contributed by atoms with van der Waals surface area (Å²) in [6.07, 6.45) is 1.25. The SMILES string of the molecule is CCOC(=O)N1CCN([C@H](c2ccccc2Cl)c2sc3nc(-c4ccco4)nn3c2O)CC1. The molecule has 0 unspecified atom stereocenters. The van der Waals surface area contributed by atoms with Gasteiger partial charge in [0.15, 0.2) is 5.76 Å². The van der Waals surface area contributed by atoms with Crippen LogP contribution in [0.1, 0.15) is 23.4 Å². The topological polar surface area (TPSA) is 96.3 Å². The summed E-state index contributed by atoms with van der Waals surface area (Å²) in [5.74, 6) is 0.952. The van der Waals surface area contributed by atoms with E-state index in [0.29, 0.717) is 59.2 Å². The first-order valence-electron chi connectivity index (χ1n) is 10.6. The highest BCUT2D eigenvalue weighted by atomic mass is 35.5. The minimum atomic E-state index is -0.316. The van der Waals surface area contributed by atoms with Crippen LogP contribution in [-0.4, -0.2) is 68.4 Å². The Hall–Kier alpha value is -3.08. The lowest BCUT2D eigenvalue weighted by Crippen LogP contribution is -2.50. The van der Waals surface area contributed by atoms with Gasteiger partial charge in [-0.05, 0) is 30.7 Å². The second-order valence-electron chi connectivity index (χ2n) is 7.54. The molecule has 4 aromatic rings. The van der Waals surface area contributed by atoms with Crippen LogP contribution in [0.15, 0.2) is 47.1 Å². The average Bonchev–Trinajstić information content (AvgIpc) is 3.55. The lowest BCUT2D eigenvalue weighted by atomic mass is 10.0. The van der Waals surface area contributed by atoms with Gasteiger partial charge in [0.25, 0.3) is 0 Å². The van der Waals surface area contributed by atoms with Gasteiger partial charge in [-0.2, -0.15) is 9.50 Å². The zero-order chi connectivity index (χ0) is 22.9. The van der Waals surface area contributed by atoms with E-state index in [0.717, 1.165) is 5.56 Å². The van der Waals surface area contributed by atoms with E-state index in [4.69, 9.17) is 20.8 Å². The number of carbonyl (C=O) groups excluding carboxylic acids is 1. The summed E-state index contributed by atoms with van der Waals surface area (Å²) in [6, 6.07) is 10.8. The maximum Gasteiger partial charge on any atom is 0.409 e. The number of fused-ring (bicyclic) bond motifs is 1. The molecule has 4 heterocycles. The number of halogens is 1. The molecular weight excluding hydrogens is 466 g/mol. The number of piperazine rings is 1. The number of hydrogen-bond acceptors (Lipinski definition) is 8. The van der Waals surface area contributed by atoms with Crippen LogP contribution in [0.4, 0.5) is 4.79 Å². The van der Waals surface area contributed by atoms with E-state index >= 15 is 0 Å². The predicted octanol–water partition coefficient (Wildman–Crippen LogP) is 4.27. The summed E-state index contributed by atoms with van der Waals surface area (Å²) >= 11 is 7.94. The molecule has 0 saturated carbocycles. The van der Waals surface area contributed by atoms with Gasteiger partial charge < -0.3 is 19.2 Å². The standard InChI is InChI=1S/C22H22ClN5O4S/c1-2-31-22(30)27-11-9-26(10-12-27)17(14-6-3-4-7-15(14)23)18-20(29)28-21(33-18)24-19(25-28)16-8-5-13-32-16/h3-8,13,17,29H,2,9-12H2,1H3/t17-/m1/s1. The summed E-state index contributed by atoms with van der Waals surface area (Å²) in [7, 11) is 0. The first-order chi connectivity index (χ1) is 16.1. The molecule has 1 N–H and O–H groups in total. The van der Waals surface area contributed by atoms with Gasteiger partial charge >= 0.3 is 6.09 Å². The van der Waals surface area contributed by atoms with E-state index in [9.17, 15) is 9.90 Å². The molecule has 1 amide bonds. The fourth-order valence-corrected chi connectivity index (χ4v) is 5.36. The highest BCUT2D eigenvalue weighted by Gasteiger charge is 2.34. The van der Waals surface area contributed by atoms with Crippen LogP contribution in [0, 0.1) is 0 Å². The number of aromatic hydroxyl groups is 1. The minimum absolute atomic E-state index is 0.0121. The number of hydrogen-bond donors (Lipinski definition) is 1. The maximum atomic E-state index is 12.1. The Labute approximate surface area is 198 Å². The number of ether oxygens (including phenoxy) is 1. The number of amides is 1. The van der Waals surface area contributed by atoms with Crippen molar-refractivity contribution in [3.05, 3.63) is 58.1 Å². The summed E-state index contributed by atoms with van der Waals surface area (Å²) < 4.78 is 11.9. The molecule has 0 aliphatic carbocycles. The van der Waals surface area contributed by atoms with E-state index in [1.165, 1.54) is 15.9 Å². The van der Waals surface area contributed by atoms with Crippen molar-refractivity contribution in [1.29, 1.82) is 0 Å². The number of benzene rings is 1. The highest BCUT2D eigenvalue weighted by Crippen LogP contribution is 2.42. The minimum Gasteiger partial charge on any atom is -0.492 e. The zero-order valence-electron chi connectivity index (χ0n) is 17.8. The lowest BCUT2D eigenvalue weighted by molar-refractivity contribution is 0.0715. The van der Waals surface area contributed by atoms with Gasteiger partial charge in [-0.15, -0.1) is 5.10 Å². The van der Waals surface area contributed by atoms with Crippen LogP contribution in [-0.2, 0) is 4.74 Å². The van der Waals surface area contributed by atoms with Crippen molar-refractivity contribution in [2.75, 3.05) is 32.8 Å². The van der Waals surface area contributed by atoms with Crippen molar-refractivity contribution >= 4 is 34.0 Å². The summed E-state index contributed by atoms with van der Waals surface area (Å²) in [6.45, 7) is 4.37. The molecule has 1 aromatic carbocycles. The number of carbonyl (C=O) groups is 1. The van der Waals surface area contributed by atoms with Gasteiger partial charge in [0.2, 0.25) is 16.7 Å². The quantitative estimate of drug-likeness (QED) is 0.449. The molecule has 11 heteroatoms. The van der Waals surface area contributed by atoms with Crippen molar-refractivity contribution in [3.8, 4) is 17.5 Å². The Balaban J connectivity index is 1.50. The highest BCUT2D eigenvalue weighted by molar-refractivity contribution is 7.17.